The van der Waals surface area contributed by atoms with Crippen LogP contribution in [-0.2, 0) is 0 Å². The third kappa shape index (κ3) is 5.17. The van der Waals surface area contributed by atoms with Crippen molar-refractivity contribution in [1.82, 2.24) is 9.88 Å². The summed E-state index contributed by atoms with van der Waals surface area (Å²) in [6.07, 6.45) is 6.30. The Morgan fingerprint density at radius 2 is 2.12 bits per heavy atom. The van der Waals surface area contributed by atoms with Crippen LogP contribution < -0.4 is 10.1 Å². The lowest BCUT2D eigenvalue weighted by Crippen LogP contribution is -2.41. The molecule has 6 heteroatoms. The number of hydrogen-bond acceptors (Lipinski definition) is 3. The number of nitrogens with one attached hydrogen (secondary N) is 1. The van der Waals surface area contributed by atoms with Gasteiger partial charge in [-0.3, -0.25) is 4.98 Å². The number of hydrogen-bond donors (Lipinski definition) is 1. The number of aromatic nitrogens is 1. The third-order valence-corrected chi connectivity index (χ3v) is 4.41. The highest BCUT2D eigenvalue weighted by molar-refractivity contribution is 5.89. The lowest BCUT2D eigenvalue weighted by atomic mass is 9.94. The molecular formula is C19H22FN3O2. The number of carbonyl (C=O) groups is 1. The number of halogens is 1. The van der Waals surface area contributed by atoms with Crippen molar-refractivity contribution < 1.29 is 13.9 Å². The first kappa shape index (κ1) is 17.2. The van der Waals surface area contributed by atoms with Crippen molar-refractivity contribution in [2.75, 3.05) is 25.0 Å². The van der Waals surface area contributed by atoms with Crippen molar-refractivity contribution in [3.63, 3.8) is 0 Å². The van der Waals surface area contributed by atoms with E-state index in [1.54, 1.807) is 29.4 Å². The maximum Gasteiger partial charge on any atom is 0.321 e. The second-order valence-electron chi connectivity index (χ2n) is 6.20. The summed E-state index contributed by atoms with van der Waals surface area (Å²) in [7, 11) is 0. The van der Waals surface area contributed by atoms with Crippen LogP contribution in [0.25, 0.3) is 0 Å². The molecule has 0 unspecified atom stereocenters. The van der Waals surface area contributed by atoms with E-state index in [4.69, 9.17) is 4.74 Å². The minimum absolute atomic E-state index is 0.171. The van der Waals surface area contributed by atoms with Gasteiger partial charge < -0.3 is 15.0 Å². The van der Waals surface area contributed by atoms with Gasteiger partial charge in [-0.25, -0.2) is 9.18 Å². The van der Waals surface area contributed by atoms with Crippen LogP contribution in [0.15, 0.2) is 48.8 Å². The first-order valence-electron chi connectivity index (χ1n) is 8.55. The molecule has 1 aliphatic heterocycles. The highest BCUT2D eigenvalue weighted by Gasteiger charge is 2.22. The molecule has 25 heavy (non-hydrogen) atoms. The van der Waals surface area contributed by atoms with Crippen LogP contribution in [0.2, 0.25) is 0 Å². The van der Waals surface area contributed by atoms with E-state index in [9.17, 15) is 9.18 Å². The molecule has 0 bridgehead atoms. The summed E-state index contributed by atoms with van der Waals surface area (Å²) in [6.45, 7) is 2.07. The number of nitrogens with zero attached hydrogens (tertiary/aromatic N) is 2. The third-order valence-electron chi connectivity index (χ3n) is 4.41. The number of amides is 2. The van der Waals surface area contributed by atoms with Crippen LogP contribution in [0.5, 0.6) is 5.75 Å². The van der Waals surface area contributed by atoms with Crippen LogP contribution >= 0.6 is 0 Å². The Bertz CT molecular complexity index is 688. The molecule has 0 spiro atoms. The Balaban J connectivity index is 1.38. The summed E-state index contributed by atoms with van der Waals surface area (Å²) < 4.78 is 18.9. The van der Waals surface area contributed by atoms with Gasteiger partial charge in [-0.1, -0.05) is 6.07 Å². The zero-order chi connectivity index (χ0) is 17.5. The molecule has 0 atom stereocenters. The standard InChI is InChI=1S/C19H22FN3O2/c20-16-3-1-4-17(13-16)22-19(24)23-10-6-15(7-11-23)8-12-25-18-5-2-9-21-14-18/h1-5,9,13-15H,6-8,10-12H2,(H,22,24). The number of carbonyl (C=O) groups excluding carboxylic acids is 1. The molecule has 1 aromatic carbocycles. The molecule has 1 aromatic heterocycles. The Hall–Kier alpha value is -2.63. The topological polar surface area (TPSA) is 54.5 Å². The average Bonchev–Trinajstić information content (AvgIpc) is 2.63. The number of pyridine rings is 1. The van der Waals surface area contributed by atoms with Crippen molar-refractivity contribution in [2.24, 2.45) is 5.92 Å². The average molecular weight is 343 g/mol. The van der Waals surface area contributed by atoms with E-state index in [1.165, 1.54) is 12.1 Å². The van der Waals surface area contributed by atoms with E-state index >= 15 is 0 Å². The normalized spacial score (nSPS) is 15.0. The number of urea groups is 1. The zero-order valence-electron chi connectivity index (χ0n) is 14.0. The highest BCUT2D eigenvalue weighted by atomic mass is 19.1. The van der Waals surface area contributed by atoms with Crippen LogP contribution in [0.3, 0.4) is 0 Å². The van der Waals surface area contributed by atoms with Crippen LogP contribution in [0, 0.1) is 11.7 Å². The minimum Gasteiger partial charge on any atom is -0.492 e. The fourth-order valence-corrected chi connectivity index (χ4v) is 2.97. The van der Waals surface area contributed by atoms with E-state index in [2.05, 4.69) is 10.3 Å². The number of benzene rings is 1. The number of anilines is 1. The molecule has 1 fully saturated rings. The molecule has 132 valence electrons. The van der Waals surface area contributed by atoms with Crippen LogP contribution in [0.1, 0.15) is 19.3 Å². The largest absolute Gasteiger partial charge is 0.492 e. The van der Waals surface area contributed by atoms with Crippen molar-refractivity contribution in [2.45, 2.75) is 19.3 Å². The SMILES string of the molecule is O=C(Nc1cccc(F)c1)N1CCC(CCOc2cccnc2)CC1. The van der Waals surface area contributed by atoms with Crippen molar-refractivity contribution in [3.05, 3.63) is 54.6 Å². The van der Waals surface area contributed by atoms with Crippen molar-refractivity contribution in [3.8, 4) is 5.75 Å². The smallest absolute Gasteiger partial charge is 0.321 e. The van der Waals surface area contributed by atoms with Gasteiger partial charge in [0.05, 0.1) is 12.8 Å². The van der Waals surface area contributed by atoms with Crippen LogP contribution in [0.4, 0.5) is 14.9 Å². The molecule has 1 saturated heterocycles. The number of piperidine rings is 1. The van der Waals surface area contributed by atoms with Gasteiger partial charge in [0, 0.05) is 25.0 Å². The lowest BCUT2D eigenvalue weighted by Gasteiger charge is -2.32. The summed E-state index contributed by atoms with van der Waals surface area (Å²) in [5.74, 6) is 0.981. The number of rotatable bonds is 5. The fraction of sp³-hybridized carbons (Fsp3) is 0.368. The summed E-state index contributed by atoms with van der Waals surface area (Å²) in [5.41, 5.74) is 0.483. The molecule has 3 rings (SSSR count). The van der Waals surface area contributed by atoms with Gasteiger partial charge >= 0.3 is 6.03 Å². The predicted octanol–water partition coefficient (Wildman–Crippen LogP) is 3.93. The fourth-order valence-electron chi connectivity index (χ4n) is 2.97. The Morgan fingerprint density at radius 1 is 1.28 bits per heavy atom. The molecule has 5 nitrogen and oxygen atoms in total. The Labute approximate surface area is 146 Å². The Kier molecular flexibility index (Phi) is 5.82. The molecule has 2 aromatic rings. The van der Waals surface area contributed by atoms with E-state index in [-0.39, 0.29) is 11.8 Å². The van der Waals surface area contributed by atoms with Crippen molar-refractivity contribution >= 4 is 11.7 Å². The van der Waals surface area contributed by atoms with E-state index in [0.717, 1.165) is 25.0 Å². The second kappa shape index (κ2) is 8.46. The van der Waals surface area contributed by atoms with E-state index in [1.807, 2.05) is 12.1 Å². The molecule has 1 N–H and O–H groups in total. The van der Waals surface area contributed by atoms with E-state index in [0.29, 0.717) is 31.3 Å². The highest BCUT2D eigenvalue weighted by Crippen LogP contribution is 2.22. The molecule has 2 amide bonds. The molecule has 0 aliphatic carbocycles. The van der Waals surface area contributed by atoms with Gasteiger partial charge in [-0.2, -0.15) is 0 Å². The van der Waals surface area contributed by atoms with E-state index < -0.39 is 0 Å². The first-order valence-corrected chi connectivity index (χ1v) is 8.55. The maximum atomic E-state index is 13.2. The maximum absolute atomic E-state index is 13.2. The minimum atomic E-state index is -0.356. The number of likely N-dealkylation sites (tertiary alicyclic amines) is 1. The molecule has 1 aliphatic rings. The van der Waals surface area contributed by atoms with Gasteiger partial charge in [-0.15, -0.1) is 0 Å². The summed E-state index contributed by atoms with van der Waals surface area (Å²) >= 11 is 0. The number of ether oxygens (including phenoxy) is 1. The summed E-state index contributed by atoms with van der Waals surface area (Å²) in [5, 5.41) is 2.75. The first-order chi connectivity index (χ1) is 12.2. The van der Waals surface area contributed by atoms with Crippen LogP contribution in [-0.4, -0.2) is 35.6 Å². The quantitative estimate of drug-likeness (QED) is 0.895. The summed E-state index contributed by atoms with van der Waals surface area (Å²) in [6, 6.07) is 9.52. The zero-order valence-corrected chi connectivity index (χ0v) is 14.0. The van der Waals surface area contributed by atoms with Gasteiger partial charge in [-0.05, 0) is 55.5 Å². The lowest BCUT2D eigenvalue weighted by molar-refractivity contribution is 0.170. The molecule has 2 heterocycles. The Morgan fingerprint density at radius 3 is 2.84 bits per heavy atom. The molecule has 0 saturated carbocycles. The summed E-state index contributed by atoms with van der Waals surface area (Å²) in [4.78, 5) is 18.0. The molecular weight excluding hydrogens is 321 g/mol. The molecule has 0 radical (unpaired) electrons. The predicted molar refractivity (Wildman–Crippen MR) is 94.1 cm³/mol. The van der Waals surface area contributed by atoms with Gasteiger partial charge in [0.1, 0.15) is 11.6 Å². The van der Waals surface area contributed by atoms with Gasteiger partial charge in [0.15, 0.2) is 0 Å². The van der Waals surface area contributed by atoms with Crippen molar-refractivity contribution in [1.29, 1.82) is 0 Å². The van der Waals surface area contributed by atoms with Gasteiger partial charge in [0.2, 0.25) is 0 Å². The van der Waals surface area contributed by atoms with Gasteiger partial charge in [0.25, 0.3) is 0 Å². The monoisotopic (exact) mass is 343 g/mol. The second-order valence-corrected chi connectivity index (χ2v) is 6.20.